The lowest BCUT2D eigenvalue weighted by Crippen LogP contribution is -2.16. The molecule has 5 nitrogen and oxygen atoms in total. The maximum atomic E-state index is 12.1. The van der Waals surface area contributed by atoms with Gasteiger partial charge in [0, 0.05) is 17.1 Å². The third-order valence-corrected chi connectivity index (χ3v) is 5.08. The quantitative estimate of drug-likeness (QED) is 0.918. The van der Waals surface area contributed by atoms with E-state index in [2.05, 4.69) is 31.1 Å². The molecule has 0 aliphatic carbocycles. The largest absolute Gasteiger partial charge is 0.302 e. The topological polar surface area (TPSA) is 76.1 Å². The van der Waals surface area contributed by atoms with Crippen LogP contribution in [0.25, 0.3) is 0 Å². The number of benzene rings is 1. The van der Waals surface area contributed by atoms with Crippen LogP contribution in [-0.4, -0.2) is 25.6 Å². The van der Waals surface area contributed by atoms with Gasteiger partial charge in [0.05, 0.1) is 17.0 Å². The third-order valence-electron chi connectivity index (χ3n) is 3.21. The Morgan fingerprint density at radius 3 is 2.57 bits per heavy atom. The van der Waals surface area contributed by atoms with Gasteiger partial charge in [0.2, 0.25) is 5.91 Å². The summed E-state index contributed by atoms with van der Waals surface area (Å²) in [6, 6.07) is 6.42. The van der Waals surface area contributed by atoms with Crippen LogP contribution in [0, 0.1) is 0 Å². The molecule has 1 heterocycles. The van der Waals surface area contributed by atoms with Gasteiger partial charge < -0.3 is 5.32 Å². The molecular formula is C16H20N2O3S2. The van der Waals surface area contributed by atoms with E-state index in [1.54, 1.807) is 12.1 Å². The van der Waals surface area contributed by atoms with Gasteiger partial charge in [-0.1, -0.05) is 32.9 Å². The van der Waals surface area contributed by atoms with Crippen LogP contribution >= 0.6 is 11.3 Å². The van der Waals surface area contributed by atoms with Crippen LogP contribution in [0.4, 0.5) is 5.13 Å². The van der Waals surface area contributed by atoms with Crippen molar-refractivity contribution in [3.05, 3.63) is 40.9 Å². The average molecular weight is 352 g/mol. The Labute approximate surface area is 140 Å². The molecule has 0 saturated carbocycles. The molecule has 1 amide bonds. The Bertz CT molecular complexity index is 818. The number of nitrogens with one attached hydrogen (secondary N) is 1. The highest BCUT2D eigenvalue weighted by molar-refractivity contribution is 7.90. The molecule has 7 heteroatoms. The number of carbonyl (C=O) groups excluding carboxylic acids is 1. The van der Waals surface area contributed by atoms with E-state index in [1.807, 2.05) is 5.38 Å². The fourth-order valence-corrected chi connectivity index (χ4v) is 3.56. The number of hydrogen-bond donors (Lipinski definition) is 1. The fraction of sp³-hybridized carbons (Fsp3) is 0.375. The van der Waals surface area contributed by atoms with Crippen LogP contribution in [0.2, 0.25) is 0 Å². The van der Waals surface area contributed by atoms with Crippen molar-refractivity contribution < 1.29 is 13.2 Å². The molecule has 0 aliphatic rings. The Kier molecular flexibility index (Phi) is 4.91. The monoisotopic (exact) mass is 352 g/mol. The number of sulfone groups is 1. The minimum absolute atomic E-state index is 0.0662. The van der Waals surface area contributed by atoms with Gasteiger partial charge in [0.25, 0.3) is 0 Å². The summed E-state index contributed by atoms with van der Waals surface area (Å²) < 4.78 is 23.1. The Morgan fingerprint density at radius 2 is 2.00 bits per heavy atom. The van der Waals surface area contributed by atoms with Gasteiger partial charge in [-0.25, -0.2) is 13.4 Å². The molecule has 1 aromatic heterocycles. The highest BCUT2D eigenvalue weighted by Crippen LogP contribution is 2.26. The van der Waals surface area contributed by atoms with Crippen molar-refractivity contribution in [2.45, 2.75) is 37.5 Å². The summed E-state index contributed by atoms with van der Waals surface area (Å²) in [6.07, 6.45) is 1.25. The molecule has 2 rings (SSSR count). The highest BCUT2D eigenvalue weighted by atomic mass is 32.2. The van der Waals surface area contributed by atoms with Gasteiger partial charge >= 0.3 is 0 Å². The van der Waals surface area contributed by atoms with E-state index in [0.717, 1.165) is 11.9 Å². The standard InChI is InChI=1S/C16H20N2O3S2/c1-16(2,3)13-10-22-15(17-13)18-14(19)9-11-6-5-7-12(8-11)23(4,20)21/h5-8,10H,9H2,1-4H3,(H,17,18,19). The van der Waals surface area contributed by atoms with E-state index < -0.39 is 9.84 Å². The maximum Gasteiger partial charge on any atom is 0.230 e. The van der Waals surface area contributed by atoms with Crippen LogP contribution in [-0.2, 0) is 26.5 Å². The minimum atomic E-state index is -3.28. The molecule has 0 atom stereocenters. The molecule has 0 bridgehead atoms. The highest BCUT2D eigenvalue weighted by Gasteiger charge is 2.18. The first-order valence-electron chi connectivity index (χ1n) is 7.10. The summed E-state index contributed by atoms with van der Waals surface area (Å²) in [5.74, 6) is -0.217. The average Bonchev–Trinajstić information content (AvgIpc) is 2.86. The first-order chi connectivity index (χ1) is 10.6. The lowest BCUT2D eigenvalue weighted by molar-refractivity contribution is -0.115. The van der Waals surface area contributed by atoms with Crippen molar-refractivity contribution in [3.63, 3.8) is 0 Å². The van der Waals surface area contributed by atoms with Crippen molar-refractivity contribution in [2.75, 3.05) is 11.6 Å². The first-order valence-corrected chi connectivity index (χ1v) is 9.88. The molecule has 124 valence electrons. The van der Waals surface area contributed by atoms with Crippen molar-refractivity contribution in [1.82, 2.24) is 4.98 Å². The number of carbonyl (C=O) groups is 1. The van der Waals surface area contributed by atoms with E-state index in [1.165, 1.54) is 23.5 Å². The number of hydrogen-bond acceptors (Lipinski definition) is 5. The number of amides is 1. The molecule has 0 spiro atoms. The Balaban J connectivity index is 2.07. The number of nitrogens with zero attached hydrogens (tertiary/aromatic N) is 1. The van der Waals surface area contributed by atoms with Crippen LogP contribution in [0.5, 0.6) is 0 Å². The SMILES string of the molecule is CC(C)(C)c1csc(NC(=O)Cc2cccc(S(C)(=O)=O)c2)n1. The summed E-state index contributed by atoms with van der Waals surface area (Å²) in [6.45, 7) is 6.18. The second-order valence-electron chi connectivity index (χ2n) is 6.43. The summed E-state index contributed by atoms with van der Waals surface area (Å²) in [5, 5.41) is 5.25. The zero-order valence-corrected chi connectivity index (χ0v) is 15.2. The third kappa shape index (κ3) is 4.87. The second kappa shape index (κ2) is 6.41. The molecule has 0 radical (unpaired) electrons. The summed E-state index contributed by atoms with van der Waals surface area (Å²) in [4.78, 5) is 16.7. The van der Waals surface area contributed by atoms with Gasteiger partial charge in [-0.2, -0.15) is 0 Å². The van der Waals surface area contributed by atoms with Gasteiger partial charge in [-0.05, 0) is 17.7 Å². The summed E-state index contributed by atoms with van der Waals surface area (Å²) in [7, 11) is -3.28. The summed E-state index contributed by atoms with van der Waals surface area (Å²) in [5.41, 5.74) is 1.51. The molecule has 0 saturated heterocycles. The van der Waals surface area contributed by atoms with Crippen molar-refractivity contribution in [1.29, 1.82) is 0 Å². The predicted octanol–water partition coefficient (Wildman–Crippen LogP) is 3.03. The van der Waals surface area contributed by atoms with E-state index >= 15 is 0 Å². The fourth-order valence-electron chi connectivity index (χ4n) is 1.91. The molecule has 23 heavy (non-hydrogen) atoms. The van der Waals surface area contributed by atoms with E-state index in [4.69, 9.17) is 0 Å². The van der Waals surface area contributed by atoms with E-state index in [9.17, 15) is 13.2 Å². The Hall–Kier alpha value is -1.73. The molecule has 1 aromatic carbocycles. The van der Waals surface area contributed by atoms with Crippen LogP contribution in [0.15, 0.2) is 34.5 Å². The first kappa shape index (κ1) is 17.6. The zero-order chi connectivity index (χ0) is 17.3. The van der Waals surface area contributed by atoms with Gasteiger partial charge in [0.1, 0.15) is 0 Å². The van der Waals surface area contributed by atoms with Gasteiger partial charge in [-0.15, -0.1) is 11.3 Å². The smallest absolute Gasteiger partial charge is 0.230 e. The van der Waals surface area contributed by atoms with Crippen LogP contribution < -0.4 is 5.32 Å². The van der Waals surface area contributed by atoms with Crippen molar-refractivity contribution >= 4 is 32.2 Å². The summed E-state index contributed by atoms with van der Waals surface area (Å²) >= 11 is 1.38. The van der Waals surface area contributed by atoms with Crippen molar-refractivity contribution in [2.24, 2.45) is 0 Å². The zero-order valence-electron chi connectivity index (χ0n) is 13.6. The number of thiazole rings is 1. The molecule has 0 aliphatic heterocycles. The van der Waals surface area contributed by atoms with Gasteiger partial charge in [-0.3, -0.25) is 4.79 Å². The van der Waals surface area contributed by atoms with Crippen LogP contribution in [0.1, 0.15) is 32.0 Å². The van der Waals surface area contributed by atoms with E-state index in [0.29, 0.717) is 10.7 Å². The van der Waals surface area contributed by atoms with E-state index in [-0.39, 0.29) is 22.6 Å². The predicted molar refractivity (Wildman–Crippen MR) is 92.7 cm³/mol. The lowest BCUT2D eigenvalue weighted by Gasteiger charge is -2.14. The Morgan fingerprint density at radius 1 is 1.30 bits per heavy atom. The molecular weight excluding hydrogens is 332 g/mol. The lowest BCUT2D eigenvalue weighted by atomic mass is 9.93. The van der Waals surface area contributed by atoms with Crippen LogP contribution in [0.3, 0.4) is 0 Å². The molecule has 0 unspecified atom stereocenters. The minimum Gasteiger partial charge on any atom is -0.302 e. The second-order valence-corrected chi connectivity index (χ2v) is 9.31. The maximum absolute atomic E-state index is 12.1. The van der Waals surface area contributed by atoms with Crippen molar-refractivity contribution in [3.8, 4) is 0 Å². The number of anilines is 1. The molecule has 1 N–H and O–H groups in total. The molecule has 2 aromatic rings. The number of rotatable bonds is 4. The normalized spacial score (nSPS) is 12.2. The van der Waals surface area contributed by atoms with Gasteiger partial charge in [0.15, 0.2) is 15.0 Å². The number of aromatic nitrogens is 1. The molecule has 0 fully saturated rings.